The predicted octanol–water partition coefficient (Wildman–Crippen LogP) is 6.55. The summed E-state index contributed by atoms with van der Waals surface area (Å²) in [6, 6.07) is 23.2. The molecule has 0 spiro atoms. The number of furan rings is 1. The zero-order chi connectivity index (χ0) is 31.7. The van der Waals surface area contributed by atoms with Crippen LogP contribution in [0, 0.1) is 6.92 Å². The minimum atomic E-state index is -4.12. The van der Waals surface area contributed by atoms with E-state index < -0.39 is 16.0 Å². The van der Waals surface area contributed by atoms with Crippen molar-refractivity contribution in [3.05, 3.63) is 111 Å². The molecule has 2 aromatic heterocycles. The number of amides is 1. The van der Waals surface area contributed by atoms with E-state index in [9.17, 15) is 23.1 Å². The summed E-state index contributed by atoms with van der Waals surface area (Å²) in [6.07, 6.45) is 0.467. The van der Waals surface area contributed by atoms with Crippen molar-refractivity contribution in [2.75, 3.05) is 41.9 Å². The van der Waals surface area contributed by atoms with Gasteiger partial charge in [0.15, 0.2) is 0 Å². The van der Waals surface area contributed by atoms with Crippen molar-refractivity contribution in [1.82, 2.24) is 4.90 Å². The highest BCUT2D eigenvalue weighted by atomic mass is 35.5. The summed E-state index contributed by atoms with van der Waals surface area (Å²) in [7, 11) is -4.12. The first-order valence-corrected chi connectivity index (χ1v) is 17.0. The number of nitrogens with zero attached hydrogens (tertiary/aromatic N) is 3. The van der Waals surface area contributed by atoms with Crippen LogP contribution in [0.5, 0.6) is 0 Å². The van der Waals surface area contributed by atoms with Crippen LogP contribution >= 0.6 is 22.9 Å². The Bertz CT molecular complexity index is 1980. The van der Waals surface area contributed by atoms with Crippen molar-refractivity contribution in [3.8, 4) is 0 Å². The number of aryl methyl sites for hydroxylation is 1. The molecule has 9 nitrogen and oxygen atoms in total. The summed E-state index contributed by atoms with van der Waals surface area (Å²) in [6.45, 7) is 3.71. The van der Waals surface area contributed by atoms with Gasteiger partial charge in [0.2, 0.25) is 5.76 Å². The maximum Gasteiger partial charge on any atom is 0.372 e. The van der Waals surface area contributed by atoms with E-state index in [1.54, 1.807) is 29.3 Å². The molecule has 6 rings (SSSR count). The molecule has 3 heterocycles. The number of rotatable bonds is 9. The van der Waals surface area contributed by atoms with Gasteiger partial charge in [-0.2, -0.15) is 0 Å². The van der Waals surface area contributed by atoms with Crippen LogP contribution in [0.1, 0.15) is 31.4 Å². The summed E-state index contributed by atoms with van der Waals surface area (Å²) in [5.41, 5.74) is 2.91. The zero-order valence-corrected chi connectivity index (χ0v) is 26.7. The van der Waals surface area contributed by atoms with Crippen LogP contribution < -0.4 is 9.21 Å². The molecule has 1 aliphatic heterocycles. The molecule has 1 N–H and O–H groups in total. The number of aromatic carboxylic acids is 1. The maximum absolute atomic E-state index is 14.5. The SMILES string of the molecule is Cc1c(C(=O)O)oc2ccc(S(=O)(=O)N(CCc3ccccc3)c3ccccc3N3CCN(C(=O)c4sccc4Cl)CC3)cc12. The number of carboxylic acids is 1. The lowest BCUT2D eigenvalue weighted by Gasteiger charge is -2.38. The van der Waals surface area contributed by atoms with Gasteiger partial charge in [-0.1, -0.05) is 54.1 Å². The number of carbonyl (C=O) groups is 2. The van der Waals surface area contributed by atoms with Crippen LogP contribution in [0.4, 0.5) is 11.4 Å². The topological polar surface area (TPSA) is 111 Å². The third-order valence-corrected chi connectivity index (χ3v) is 11.1. The molecule has 0 aliphatic carbocycles. The number of carboxylic acid groups (broad SMARTS) is 1. The number of fused-ring (bicyclic) bond motifs is 1. The first kappa shape index (κ1) is 30.7. The molecular formula is C33H30ClN3O6S2. The van der Waals surface area contributed by atoms with E-state index in [1.165, 1.54) is 33.8 Å². The molecule has 0 unspecified atom stereocenters. The van der Waals surface area contributed by atoms with Gasteiger partial charge in [-0.05, 0) is 60.7 Å². The van der Waals surface area contributed by atoms with Crippen molar-refractivity contribution < 1.29 is 27.5 Å². The Labute approximate surface area is 269 Å². The van der Waals surface area contributed by atoms with E-state index >= 15 is 0 Å². The number of thiophene rings is 1. The van der Waals surface area contributed by atoms with E-state index in [4.69, 9.17) is 16.0 Å². The summed E-state index contributed by atoms with van der Waals surface area (Å²) in [5, 5.41) is 12.2. The van der Waals surface area contributed by atoms with Crippen molar-refractivity contribution in [2.24, 2.45) is 0 Å². The van der Waals surface area contributed by atoms with Crippen molar-refractivity contribution in [3.63, 3.8) is 0 Å². The quantitative estimate of drug-likeness (QED) is 0.190. The lowest BCUT2D eigenvalue weighted by Crippen LogP contribution is -2.49. The van der Waals surface area contributed by atoms with Crippen molar-refractivity contribution in [2.45, 2.75) is 18.2 Å². The Morgan fingerprint density at radius 1 is 0.978 bits per heavy atom. The van der Waals surface area contributed by atoms with Crippen LogP contribution in [0.25, 0.3) is 11.0 Å². The lowest BCUT2D eigenvalue weighted by atomic mass is 10.1. The molecule has 1 amide bonds. The van der Waals surface area contributed by atoms with Gasteiger partial charge in [-0.15, -0.1) is 11.3 Å². The Morgan fingerprint density at radius 3 is 2.38 bits per heavy atom. The maximum atomic E-state index is 14.5. The first-order valence-electron chi connectivity index (χ1n) is 14.3. The van der Waals surface area contributed by atoms with Crippen LogP contribution in [0.2, 0.25) is 5.02 Å². The summed E-state index contributed by atoms with van der Waals surface area (Å²) < 4.78 is 35.9. The molecule has 0 atom stereocenters. The van der Waals surface area contributed by atoms with Crippen LogP contribution in [-0.2, 0) is 16.4 Å². The molecule has 0 saturated carbocycles. The third kappa shape index (κ3) is 6.03. The average Bonchev–Trinajstić information content (AvgIpc) is 3.64. The molecule has 1 saturated heterocycles. The van der Waals surface area contributed by atoms with Gasteiger partial charge in [-0.25, -0.2) is 13.2 Å². The second-order valence-corrected chi connectivity index (χ2v) is 13.9. The molecular weight excluding hydrogens is 634 g/mol. The number of piperazine rings is 1. The van der Waals surface area contributed by atoms with E-state index in [2.05, 4.69) is 4.90 Å². The van der Waals surface area contributed by atoms with E-state index in [0.29, 0.717) is 64.7 Å². The van der Waals surface area contributed by atoms with Crippen molar-refractivity contribution in [1.29, 1.82) is 0 Å². The van der Waals surface area contributed by atoms with Crippen LogP contribution in [0.3, 0.4) is 0 Å². The Balaban J connectivity index is 1.34. The molecule has 45 heavy (non-hydrogen) atoms. The fraction of sp³-hybridized carbons (Fsp3) is 0.212. The molecule has 232 valence electrons. The number of halogens is 1. The van der Waals surface area contributed by atoms with Gasteiger partial charge >= 0.3 is 5.97 Å². The molecule has 0 radical (unpaired) electrons. The number of sulfonamides is 1. The third-order valence-electron chi connectivity index (χ3n) is 8.01. The summed E-state index contributed by atoms with van der Waals surface area (Å²) in [5.74, 6) is -1.54. The van der Waals surface area contributed by atoms with E-state index in [-0.39, 0.29) is 23.1 Å². The van der Waals surface area contributed by atoms with Crippen LogP contribution in [0.15, 0.2) is 93.6 Å². The highest BCUT2D eigenvalue weighted by molar-refractivity contribution is 7.92. The normalized spacial score (nSPS) is 13.7. The average molecular weight is 664 g/mol. The second kappa shape index (κ2) is 12.6. The number of hydrogen-bond donors (Lipinski definition) is 1. The second-order valence-electron chi connectivity index (χ2n) is 10.7. The number of carbonyl (C=O) groups excluding carboxylic acids is 1. The first-order chi connectivity index (χ1) is 21.6. The largest absolute Gasteiger partial charge is 0.475 e. The highest BCUT2D eigenvalue weighted by Crippen LogP contribution is 2.36. The monoisotopic (exact) mass is 663 g/mol. The zero-order valence-electron chi connectivity index (χ0n) is 24.4. The number of anilines is 2. The number of para-hydroxylation sites is 2. The van der Waals surface area contributed by atoms with Crippen molar-refractivity contribution >= 4 is 67.2 Å². The number of hydrogen-bond acceptors (Lipinski definition) is 7. The molecule has 3 aromatic carbocycles. The van der Waals surface area contributed by atoms with Gasteiger partial charge in [0.05, 0.1) is 21.3 Å². The Kier molecular flexibility index (Phi) is 8.59. The number of benzene rings is 3. The van der Waals surface area contributed by atoms with Gasteiger partial charge in [-0.3, -0.25) is 9.10 Å². The molecule has 0 bridgehead atoms. The van der Waals surface area contributed by atoms with Gasteiger partial charge in [0, 0.05) is 43.7 Å². The molecule has 5 aromatic rings. The fourth-order valence-corrected chi connectivity index (χ4v) is 8.23. The van der Waals surface area contributed by atoms with Gasteiger partial charge < -0.3 is 19.3 Å². The predicted molar refractivity (Wildman–Crippen MR) is 176 cm³/mol. The molecule has 1 fully saturated rings. The van der Waals surface area contributed by atoms with E-state index in [0.717, 1.165) is 11.3 Å². The molecule has 1 aliphatic rings. The van der Waals surface area contributed by atoms with E-state index in [1.807, 2.05) is 48.5 Å². The Morgan fingerprint density at radius 2 is 1.69 bits per heavy atom. The molecule has 12 heteroatoms. The minimum Gasteiger partial charge on any atom is -0.475 e. The van der Waals surface area contributed by atoms with Gasteiger partial charge in [0.1, 0.15) is 10.5 Å². The summed E-state index contributed by atoms with van der Waals surface area (Å²) in [4.78, 5) is 29.1. The standard InChI is InChI=1S/C33H30ClN3O6S2/c1-22-25-21-24(11-12-29(25)43-30(22)33(39)40)45(41,42)37(15-13-23-7-3-2-4-8-23)28-10-6-5-9-27(28)35-16-18-36(19-17-35)32(38)31-26(34)14-20-44-31/h2-12,14,20-21H,13,15-19H2,1H3,(H,39,40). The Hall–Kier alpha value is -4.32. The smallest absolute Gasteiger partial charge is 0.372 e. The van der Waals surface area contributed by atoms with Crippen LogP contribution in [-0.4, -0.2) is 63.0 Å². The minimum absolute atomic E-state index is 0.0296. The fourth-order valence-electron chi connectivity index (χ4n) is 5.62. The van der Waals surface area contributed by atoms with Gasteiger partial charge in [0.25, 0.3) is 15.9 Å². The highest BCUT2D eigenvalue weighted by Gasteiger charge is 2.31. The summed E-state index contributed by atoms with van der Waals surface area (Å²) >= 11 is 7.53. The lowest BCUT2D eigenvalue weighted by molar-refractivity contribution is 0.0663.